The molecule has 0 aromatic heterocycles. The van der Waals surface area contributed by atoms with Gasteiger partial charge in [0.2, 0.25) is 0 Å². The summed E-state index contributed by atoms with van der Waals surface area (Å²) in [5.74, 6) is -0.506. The molecule has 1 unspecified atom stereocenters. The highest BCUT2D eigenvalue weighted by Gasteiger charge is 2.39. The number of hydrogen-bond donors (Lipinski definition) is 1. The molecule has 0 bridgehead atoms. The van der Waals surface area contributed by atoms with Crippen LogP contribution in [0, 0.1) is 0 Å². The smallest absolute Gasteiger partial charge is 0.332 e. The van der Waals surface area contributed by atoms with Crippen molar-refractivity contribution in [2.75, 3.05) is 26.9 Å². The molecule has 1 aliphatic heterocycles. The number of rotatable bonds is 5. The van der Waals surface area contributed by atoms with E-state index in [-0.39, 0.29) is 12.7 Å². The van der Waals surface area contributed by atoms with Crippen LogP contribution in [0.15, 0.2) is 30.3 Å². The standard InChI is InChI=1S/C13H17NO4/c1-16-12(15)13(14,9-18-11-7-17-8-11)10-5-3-2-4-6-10/h2-6,11H,7-9,14H2,1H3. The zero-order valence-electron chi connectivity index (χ0n) is 10.3. The van der Waals surface area contributed by atoms with Crippen molar-refractivity contribution >= 4 is 5.97 Å². The topological polar surface area (TPSA) is 70.8 Å². The number of esters is 1. The van der Waals surface area contributed by atoms with Crippen LogP contribution in [0.5, 0.6) is 0 Å². The Morgan fingerprint density at radius 3 is 2.61 bits per heavy atom. The summed E-state index contributed by atoms with van der Waals surface area (Å²) in [5.41, 5.74) is 5.57. The summed E-state index contributed by atoms with van der Waals surface area (Å²) in [6.07, 6.45) is 0.0151. The molecule has 1 aromatic carbocycles. The molecular weight excluding hydrogens is 234 g/mol. The number of carbonyl (C=O) groups excluding carboxylic acids is 1. The molecule has 0 radical (unpaired) electrons. The highest BCUT2D eigenvalue weighted by molar-refractivity contribution is 5.82. The maximum Gasteiger partial charge on any atom is 0.332 e. The minimum Gasteiger partial charge on any atom is -0.467 e. The lowest BCUT2D eigenvalue weighted by Gasteiger charge is -2.32. The van der Waals surface area contributed by atoms with Gasteiger partial charge in [0, 0.05) is 0 Å². The number of hydrogen-bond acceptors (Lipinski definition) is 5. The Labute approximate surface area is 106 Å². The molecule has 5 nitrogen and oxygen atoms in total. The number of methoxy groups -OCH3 is 1. The van der Waals surface area contributed by atoms with Gasteiger partial charge in [-0.2, -0.15) is 0 Å². The fourth-order valence-corrected chi connectivity index (χ4v) is 1.74. The summed E-state index contributed by atoms with van der Waals surface area (Å²) in [6, 6.07) is 9.09. The average molecular weight is 251 g/mol. The van der Waals surface area contributed by atoms with Gasteiger partial charge in [-0.05, 0) is 5.56 Å². The van der Waals surface area contributed by atoms with E-state index in [4.69, 9.17) is 19.9 Å². The van der Waals surface area contributed by atoms with Gasteiger partial charge in [0.1, 0.15) is 6.10 Å². The molecule has 0 aliphatic carbocycles. The molecule has 1 heterocycles. The van der Waals surface area contributed by atoms with Gasteiger partial charge < -0.3 is 19.9 Å². The van der Waals surface area contributed by atoms with Gasteiger partial charge in [-0.25, -0.2) is 4.79 Å². The van der Waals surface area contributed by atoms with Gasteiger partial charge in [-0.15, -0.1) is 0 Å². The average Bonchev–Trinajstić information content (AvgIpc) is 2.36. The lowest BCUT2D eigenvalue weighted by Crippen LogP contribution is -2.52. The fourth-order valence-electron chi connectivity index (χ4n) is 1.74. The first-order valence-electron chi connectivity index (χ1n) is 5.79. The summed E-state index contributed by atoms with van der Waals surface area (Å²) in [6.45, 7) is 1.18. The van der Waals surface area contributed by atoms with E-state index in [0.29, 0.717) is 18.8 Å². The summed E-state index contributed by atoms with van der Waals surface area (Å²) in [7, 11) is 1.32. The van der Waals surface area contributed by atoms with Crippen LogP contribution >= 0.6 is 0 Å². The maximum absolute atomic E-state index is 11.9. The van der Waals surface area contributed by atoms with E-state index >= 15 is 0 Å². The second kappa shape index (κ2) is 5.48. The fraction of sp³-hybridized carbons (Fsp3) is 0.462. The van der Waals surface area contributed by atoms with Crippen LogP contribution in [0.25, 0.3) is 0 Å². The number of nitrogens with two attached hydrogens (primary N) is 1. The predicted molar refractivity (Wildman–Crippen MR) is 64.9 cm³/mol. The molecule has 1 aromatic rings. The van der Waals surface area contributed by atoms with Crippen molar-refractivity contribution in [3.05, 3.63) is 35.9 Å². The SMILES string of the molecule is COC(=O)C(N)(COC1COC1)c1ccccc1. The molecule has 2 rings (SSSR count). The molecule has 0 spiro atoms. The van der Waals surface area contributed by atoms with Gasteiger partial charge in [-0.3, -0.25) is 0 Å². The monoisotopic (exact) mass is 251 g/mol. The van der Waals surface area contributed by atoms with E-state index < -0.39 is 11.5 Å². The third-order valence-corrected chi connectivity index (χ3v) is 2.99. The molecule has 1 atom stereocenters. The zero-order valence-corrected chi connectivity index (χ0v) is 10.3. The molecule has 1 saturated heterocycles. The minimum atomic E-state index is -1.27. The van der Waals surface area contributed by atoms with E-state index in [9.17, 15) is 4.79 Å². The molecule has 98 valence electrons. The predicted octanol–water partition coefficient (Wildman–Crippen LogP) is 0.429. The van der Waals surface area contributed by atoms with Crippen molar-refractivity contribution in [3.63, 3.8) is 0 Å². The van der Waals surface area contributed by atoms with E-state index in [1.54, 1.807) is 12.1 Å². The molecular formula is C13H17NO4. The van der Waals surface area contributed by atoms with E-state index in [1.165, 1.54) is 7.11 Å². The van der Waals surface area contributed by atoms with Gasteiger partial charge in [0.05, 0.1) is 26.9 Å². The molecule has 1 aliphatic rings. The van der Waals surface area contributed by atoms with Gasteiger partial charge in [-0.1, -0.05) is 30.3 Å². The van der Waals surface area contributed by atoms with Crippen molar-refractivity contribution in [1.29, 1.82) is 0 Å². The van der Waals surface area contributed by atoms with Crippen LogP contribution < -0.4 is 5.73 Å². The van der Waals surface area contributed by atoms with Crippen molar-refractivity contribution in [1.82, 2.24) is 0 Å². The third kappa shape index (κ3) is 2.53. The quantitative estimate of drug-likeness (QED) is 0.768. The number of ether oxygens (including phenoxy) is 3. The summed E-state index contributed by atoms with van der Waals surface area (Å²) in [4.78, 5) is 11.9. The first kappa shape index (κ1) is 13.0. The van der Waals surface area contributed by atoms with Crippen LogP contribution in [0.3, 0.4) is 0 Å². The Morgan fingerprint density at radius 1 is 1.44 bits per heavy atom. The molecule has 2 N–H and O–H groups in total. The van der Waals surface area contributed by atoms with Crippen LogP contribution in [0.2, 0.25) is 0 Å². The maximum atomic E-state index is 11.9. The normalized spacial score (nSPS) is 18.8. The molecule has 0 saturated carbocycles. The summed E-state index contributed by atoms with van der Waals surface area (Å²) in [5, 5.41) is 0. The van der Waals surface area contributed by atoms with Gasteiger partial charge in [0.25, 0.3) is 0 Å². The summed E-state index contributed by atoms with van der Waals surface area (Å²) < 4.78 is 15.4. The van der Waals surface area contributed by atoms with Crippen LogP contribution in [-0.2, 0) is 24.5 Å². The third-order valence-electron chi connectivity index (χ3n) is 2.99. The second-order valence-corrected chi connectivity index (χ2v) is 4.30. The largest absolute Gasteiger partial charge is 0.467 e. The number of benzene rings is 1. The van der Waals surface area contributed by atoms with Crippen LogP contribution in [-0.4, -0.2) is 39.0 Å². The van der Waals surface area contributed by atoms with Crippen LogP contribution in [0.4, 0.5) is 0 Å². The molecule has 18 heavy (non-hydrogen) atoms. The minimum absolute atomic E-state index is 0.0151. The number of carbonyl (C=O) groups is 1. The Morgan fingerprint density at radius 2 is 2.11 bits per heavy atom. The lowest BCUT2D eigenvalue weighted by molar-refractivity contribution is -0.162. The first-order chi connectivity index (χ1) is 8.66. The highest BCUT2D eigenvalue weighted by Crippen LogP contribution is 2.22. The Bertz CT molecular complexity index is 405. The lowest BCUT2D eigenvalue weighted by atomic mass is 9.92. The first-order valence-corrected chi connectivity index (χ1v) is 5.79. The van der Waals surface area contributed by atoms with E-state index in [2.05, 4.69) is 0 Å². The van der Waals surface area contributed by atoms with Gasteiger partial charge in [0.15, 0.2) is 5.54 Å². The van der Waals surface area contributed by atoms with Crippen molar-refractivity contribution in [3.8, 4) is 0 Å². The Hall–Kier alpha value is -1.43. The highest BCUT2D eigenvalue weighted by atomic mass is 16.6. The van der Waals surface area contributed by atoms with E-state index in [1.807, 2.05) is 18.2 Å². The van der Waals surface area contributed by atoms with Crippen molar-refractivity contribution in [2.45, 2.75) is 11.6 Å². The van der Waals surface area contributed by atoms with Gasteiger partial charge >= 0.3 is 5.97 Å². The Kier molecular flexibility index (Phi) is 3.96. The molecule has 5 heteroatoms. The zero-order chi connectivity index (χ0) is 13.0. The molecule has 1 fully saturated rings. The Balaban J connectivity index is 2.14. The van der Waals surface area contributed by atoms with Crippen molar-refractivity contribution in [2.24, 2.45) is 5.73 Å². The van der Waals surface area contributed by atoms with E-state index in [0.717, 1.165) is 0 Å². The van der Waals surface area contributed by atoms with Crippen molar-refractivity contribution < 1.29 is 19.0 Å². The second-order valence-electron chi connectivity index (χ2n) is 4.30. The summed E-state index contributed by atoms with van der Waals surface area (Å²) >= 11 is 0. The van der Waals surface area contributed by atoms with Crippen LogP contribution in [0.1, 0.15) is 5.56 Å². The molecule has 0 amide bonds.